The number of hydrogen-bond acceptors (Lipinski definition) is 2. The molecule has 0 fully saturated rings. The number of unbranched alkanes of at least 4 members (excludes halogenated alkanes) is 2. The number of esters is 1. The Morgan fingerprint density at radius 1 is 1.14 bits per heavy atom. The third-order valence-electron chi connectivity index (χ3n) is 2.03. The van der Waals surface area contributed by atoms with Gasteiger partial charge in [0.15, 0.2) is 0 Å². The van der Waals surface area contributed by atoms with Gasteiger partial charge in [0, 0.05) is 6.42 Å². The summed E-state index contributed by atoms with van der Waals surface area (Å²) in [6, 6.07) is 0. The highest BCUT2D eigenvalue weighted by atomic mass is 16.5. The summed E-state index contributed by atoms with van der Waals surface area (Å²) in [5.74, 6) is -0.0873. The first-order valence-corrected chi connectivity index (χ1v) is 5.53. The zero-order chi connectivity index (χ0) is 10.8. The summed E-state index contributed by atoms with van der Waals surface area (Å²) in [6.07, 6.45) is 5.73. The van der Waals surface area contributed by atoms with E-state index in [9.17, 15) is 4.79 Å². The van der Waals surface area contributed by atoms with Crippen molar-refractivity contribution in [2.75, 3.05) is 6.61 Å². The molecule has 0 amide bonds. The fourth-order valence-electron chi connectivity index (χ4n) is 1.20. The van der Waals surface area contributed by atoms with Crippen LogP contribution in [0.15, 0.2) is 12.2 Å². The summed E-state index contributed by atoms with van der Waals surface area (Å²) in [5.41, 5.74) is 1.01. The van der Waals surface area contributed by atoms with Crippen LogP contribution in [0.1, 0.15) is 52.4 Å². The molecule has 0 unspecified atom stereocenters. The fraction of sp³-hybridized carbons (Fsp3) is 0.750. The average Bonchev–Trinajstić information content (AvgIpc) is 2.16. The van der Waals surface area contributed by atoms with Crippen LogP contribution in [0, 0.1) is 0 Å². The van der Waals surface area contributed by atoms with E-state index in [-0.39, 0.29) is 5.97 Å². The number of ether oxygens (including phenoxy) is 1. The van der Waals surface area contributed by atoms with Crippen LogP contribution in [0.2, 0.25) is 0 Å². The maximum atomic E-state index is 11.2. The molecule has 0 aliphatic carbocycles. The van der Waals surface area contributed by atoms with Crippen LogP contribution in [-0.2, 0) is 9.53 Å². The largest absolute Gasteiger partial charge is 0.461 e. The molecule has 2 heteroatoms. The molecule has 14 heavy (non-hydrogen) atoms. The summed E-state index contributed by atoms with van der Waals surface area (Å²) in [7, 11) is 0. The van der Waals surface area contributed by atoms with E-state index in [2.05, 4.69) is 20.4 Å². The summed E-state index contributed by atoms with van der Waals surface area (Å²) in [4.78, 5) is 11.2. The second-order valence-electron chi connectivity index (χ2n) is 3.62. The minimum atomic E-state index is -0.0873. The van der Waals surface area contributed by atoms with Gasteiger partial charge in [0.2, 0.25) is 0 Å². The van der Waals surface area contributed by atoms with Gasteiger partial charge in [-0.3, -0.25) is 4.79 Å². The van der Waals surface area contributed by atoms with Gasteiger partial charge >= 0.3 is 5.97 Å². The van der Waals surface area contributed by atoms with Crippen LogP contribution in [0.25, 0.3) is 0 Å². The van der Waals surface area contributed by atoms with E-state index in [1.54, 1.807) is 0 Å². The van der Waals surface area contributed by atoms with Gasteiger partial charge in [0.1, 0.15) is 6.61 Å². The lowest BCUT2D eigenvalue weighted by atomic mass is 10.2. The zero-order valence-corrected chi connectivity index (χ0v) is 9.47. The van der Waals surface area contributed by atoms with Gasteiger partial charge in [0.25, 0.3) is 0 Å². The van der Waals surface area contributed by atoms with Crippen molar-refractivity contribution in [1.29, 1.82) is 0 Å². The molecule has 2 nitrogen and oxygen atoms in total. The molecule has 0 aromatic rings. The Labute approximate surface area is 87.3 Å². The van der Waals surface area contributed by atoms with E-state index in [0.717, 1.165) is 37.7 Å². The number of rotatable bonds is 8. The molecule has 0 atom stereocenters. The highest BCUT2D eigenvalue weighted by Crippen LogP contribution is 2.04. The smallest absolute Gasteiger partial charge is 0.306 e. The van der Waals surface area contributed by atoms with Crippen LogP contribution < -0.4 is 0 Å². The molecule has 0 saturated heterocycles. The second-order valence-corrected chi connectivity index (χ2v) is 3.62. The molecular formula is C12H22O2. The van der Waals surface area contributed by atoms with Gasteiger partial charge in [0.05, 0.1) is 0 Å². The second kappa shape index (κ2) is 8.79. The van der Waals surface area contributed by atoms with Crippen molar-refractivity contribution in [1.82, 2.24) is 0 Å². The van der Waals surface area contributed by atoms with E-state index in [1.165, 1.54) is 0 Å². The Kier molecular flexibility index (Phi) is 8.30. The van der Waals surface area contributed by atoms with Crippen LogP contribution >= 0.6 is 0 Å². The first kappa shape index (κ1) is 13.2. The maximum Gasteiger partial charge on any atom is 0.306 e. The highest BCUT2D eigenvalue weighted by Gasteiger charge is 2.02. The Bertz CT molecular complexity index is 173. The van der Waals surface area contributed by atoms with Crippen molar-refractivity contribution in [3.63, 3.8) is 0 Å². The molecule has 0 radical (unpaired) electrons. The predicted octanol–water partition coefficient (Wildman–Crippen LogP) is 3.47. The molecule has 0 aliphatic rings. The minimum Gasteiger partial charge on any atom is -0.461 e. The molecule has 82 valence electrons. The third-order valence-corrected chi connectivity index (χ3v) is 2.03. The molecule has 0 saturated carbocycles. The minimum absolute atomic E-state index is 0.0873. The maximum absolute atomic E-state index is 11.2. The van der Waals surface area contributed by atoms with Crippen molar-refractivity contribution in [2.24, 2.45) is 0 Å². The molecule has 0 spiro atoms. The predicted molar refractivity (Wildman–Crippen MR) is 59.1 cm³/mol. The molecule has 0 aliphatic heterocycles. The van der Waals surface area contributed by atoms with Gasteiger partial charge < -0.3 is 4.74 Å². The van der Waals surface area contributed by atoms with Gasteiger partial charge in [-0.1, -0.05) is 39.7 Å². The van der Waals surface area contributed by atoms with Crippen LogP contribution in [0.5, 0.6) is 0 Å². The van der Waals surface area contributed by atoms with Gasteiger partial charge in [-0.05, 0) is 18.4 Å². The lowest BCUT2D eigenvalue weighted by Crippen LogP contribution is -2.06. The van der Waals surface area contributed by atoms with E-state index in [4.69, 9.17) is 4.74 Å². The molecule has 0 bridgehead atoms. The highest BCUT2D eigenvalue weighted by molar-refractivity contribution is 5.69. The lowest BCUT2D eigenvalue weighted by molar-refractivity contribution is -0.142. The summed E-state index contributed by atoms with van der Waals surface area (Å²) in [5, 5.41) is 0. The van der Waals surface area contributed by atoms with Crippen LogP contribution in [0.4, 0.5) is 0 Å². The Morgan fingerprint density at radius 3 is 2.43 bits per heavy atom. The van der Waals surface area contributed by atoms with Crippen LogP contribution in [0.3, 0.4) is 0 Å². The van der Waals surface area contributed by atoms with Crippen molar-refractivity contribution < 1.29 is 9.53 Å². The normalized spacial score (nSPS) is 9.86. The Morgan fingerprint density at radius 2 is 1.86 bits per heavy atom. The monoisotopic (exact) mass is 198 g/mol. The lowest BCUT2D eigenvalue weighted by Gasteiger charge is -2.05. The third kappa shape index (κ3) is 7.84. The van der Waals surface area contributed by atoms with Crippen molar-refractivity contribution in [2.45, 2.75) is 52.4 Å². The van der Waals surface area contributed by atoms with E-state index in [1.807, 2.05) is 0 Å². The summed E-state index contributed by atoms with van der Waals surface area (Å²) < 4.78 is 5.06. The quantitative estimate of drug-likeness (QED) is 0.339. The van der Waals surface area contributed by atoms with Gasteiger partial charge in [-0.2, -0.15) is 0 Å². The number of hydrogen-bond donors (Lipinski definition) is 0. The molecule has 0 aromatic carbocycles. The fourth-order valence-corrected chi connectivity index (χ4v) is 1.20. The zero-order valence-electron chi connectivity index (χ0n) is 9.47. The van der Waals surface area contributed by atoms with Crippen molar-refractivity contribution in [3.05, 3.63) is 12.2 Å². The topological polar surface area (TPSA) is 26.3 Å². The van der Waals surface area contributed by atoms with Crippen LogP contribution in [-0.4, -0.2) is 12.6 Å². The Hall–Kier alpha value is -0.790. The van der Waals surface area contributed by atoms with Gasteiger partial charge in [-0.15, -0.1) is 0 Å². The molecular weight excluding hydrogens is 176 g/mol. The standard InChI is InChI=1S/C12H22O2/c1-4-6-7-9-12(13)14-10-11(3)8-5-2/h3-10H2,1-2H3. The summed E-state index contributed by atoms with van der Waals surface area (Å²) in [6.45, 7) is 8.45. The molecule has 0 N–H and O–H groups in total. The SMILES string of the molecule is C=C(CCC)COC(=O)CCCCC. The number of carbonyl (C=O) groups is 1. The summed E-state index contributed by atoms with van der Waals surface area (Å²) >= 11 is 0. The molecule has 0 heterocycles. The molecule has 0 aromatic heterocycles. The molecule has 0 rings (SSSR count). The van der Waals surface area contributed by atoms with Crippen molar-refractivity contribution >= 4 is 5.97 Å². The van der Waals surface area contributed by atoms with Gasteiger partial charge in [-0.25, -0.2) is 0 Å². The Balaban J connectivity index is 3.39. The average molecular weight is 198 g/mol. The number of carbonyl (C=O) groups excluding carboxylic acids is 1. The first-order valence-electron chi connectivity index (χ1n) is 5.53. The van der Waals surface area contributed by atoms with E-state index < -0.39 is 0 Å². The first-order chi connectivity index (χ1) is 6.70. The van der Waals surface area contributed by atoms with Crippen molar-refractivity contribution in [3.8, 4) is 0 Å². The van der Waals surface area contributed by atoms with E-state index in [0.29, 0.717) is 13.0 Å². The van der Waals surface area contributed by atoms with E-state index >= 15 is 0 Å².